The quantitative estimate of drug-likeness (QED) is 0.721. The van der Waals surface area contributed by atoms with Gasteiger partial charge >= 0.3 is 0 Å². The lowest BCUT2D eigenvalue weighted by molar-refractivity contribution is -0.127. The Balaban J connectivity index is 1.94. The summed E-state index contributed by atoms with van der Waals surface area (Å²) in [6, 6.07) is 7.84. The number of nitrogens with zero attached hydrogens (tertiary/aromatic N) is 5. The standard InChI is InChI=1S/C15H21N5O2S/c1-11(2)20-15(16-17-18-20)23-10-14(21)19(3)9-12-7-5-6-8-13(12)22-4/h5-8,11H,9-10H2,1-4H3. The average Bonchev–Trinajstić information content (AvgIpc) is 3.01. The lowest BCUT2D eigenvalue weighted by Gasteiger charge is -2.18. The minimum atomic E-state index is 0.0132. The van der Waals surface area contributed by atoms with Crippen molar-refractivity contribution in [2.45, 2.75) is 31.6 Å². The molecule has 0 aliphatic carbocycles. The van der Waals surface area contributed by atoms with Gasteiger partial charge in [0.05, 0.1) is 18.9 Å². The number of carbonyl (C=O) groups is 1. The fourth-order valence-corrected chi connectivity index (χ4v) is 2.97. The monoisotopic (exact) mass is 335 g/mol. The number of ether oxygens (including phenoxy) is 1. The second-order valence-electron chi connectivity index (χ2n) is 5.35. The van der Waals surface area contributed by atoms with Crippen LogP contribution in [0.15, 0.2) is 29.4 Å². The van der Waals surface area contributed by atoms with E-state index in [2.05, 4.69) is 15.5 Å². The molecule has 23 heavy (non-hydrogen) atoms. The number of hydrogen-bond donors (Lipinski definition) is 0. The minimum Gasteiger partial charge on any atom is -0.496 e. The number of hydrogen-bond acceptors (Lipinski definition) is 6. The van der Waals surface area contributed by atoms with Crippen LogP contribution in [0.3, 0.4) is 0 Å². The van der Waals surface area contributed by atoms with Gasteiger partial charge in [-0.05, 0) is 30.3 Å². The summed E-state index contributed by atoms with van der Waals surface area (Å²) in [5, 5.41) is 12.2. The van der Waals surface area contributed by atoms with E-state index >= 15 is 0 Å². The average molecular weight is 335 g/mol. The SMILES string of the molecule is COc1ccccc1CN(C)C(=O)CSc1nnnn1C(C)C. The smallest absolute Gasteiger partial charge is 0.233 e. The van der Waals surface area contributed by atoms with Crippen LogP contribution in [0.1, 0.15) is 25.5 Å². The summed E-state index contributed by atoms with van der Waals surface area (Å²) >= 11 is 1.34. The maximum atomic E-state index is 12.3. The van der Waals surface area contributed by atoms with Crippen LogP contribution in [-0.4, -0.2) is 50.9 Å². The molecule has 0 unspecified atom stereocenters. The number of amides is 1. The van der Waals surface area contributed by atoms with Gasteiger partial charge in [-0.25, -0.2) is 4.68 Å². The van der Waals surface area contributed by atoms with Crippen molar-refractivity contribution >= 4 is 17.7 Å². The summed E-state index contributed by atoms with van der Waals surface area (Å²) in [5.74, 6) is 1.08. The molecule has 0 saturated heterocycles. The highest BCUT2D eigenvalue weighted by Gasteiger charge is 2.15. The van der Waals surface area contributed by atoms with E-state index in [0.717, 1.165) is 11.3 Å². The fourth-order valence-electron chi connectivity index (χ4n) is 2.02. The van der Waals surface area contributed by atoms with Crippen LogP contribution in [0.25, 0.3) is 0 Å². The first-order chi connectivity index (χ1) is 11.0. The van der Waals surface area contributed by atoms with Crippen molar-refractivity contribution in [2.24, 2.45) is 0 Å². The molecule has 1 heterocycles. The molecule has 0 radical (unpaired) electrons. The van der Waals surface area contributed by atoms with Crippen molar-refractivity contribution in [2.75, 3.05) is 19.9 Å². The summed E-state index contributed by atoms with van der Waals surface area (Å²) in [7, 11) is 3.41. The van der Waals surface area contributed by atoms with E-state index in [1.54, 1.807) is 23.7 Å². The van der Waals surface area contributed by atoms with E-state index in [-0.39, 0.29) is 11.9 Å². The van der Waals surface area contributed by atoms with Gasteiger partial charge in [0.15, 0.2) is 0 Å². The highest BCUT2D eigenvalue weighted by Crippen LogP contribution is 2.21. The van der Waals surface area contributed by atoms with Crippen molar-refractivity contribution in [1.82, 2.24) is 25.1 Å². The van der Waals surface area contributed by atoms with E-state index < -0.39 is 0 Å². The lowest BCUT2D eigenvalue weighted by atomic mass is 10.2. The Morgan fingerprint density at radius 3 is 2.83 bits per heavy atom. The van der Waals surface area contributed by atoms with Crippen molar-refractivity contribution < 1.29 is 9.53 Å². The van der Waals surface area contributed by atoms with Gasteiger partial charge in [-0.3, -0.25) is 4.79 Å². The lowest BCUT2D eigenvalue weighted by Crippen LogP contribution is -2.28. The predicted molar refractivity (Wildman–Crippen MR) is 88.4 cm³/mol. The maximum absolute atomic E-state index is 12.3. The summed E-state index contributed by atoms with van der Waals surface area (Å²) in [6.45, 7) is 4.49. The van der Waals surface area contributed by atoms with E-state index in [1.165, 1.54) is 11.8 Å². The maximum Gasteiger partial charge on any atom is 0.233 e. The van der Waals surface area contributed by atoms with Gasteiger partial charge in [0.25, 0.3) is 0 Å². The molecule has 8 heteroatoms. The Morgan fingerprint density at radius 1 is 1.39 bits per heavy atom. The Hall–Kier alpha value is -2.09. The number of methoxy groups -OCH3 is 1. The predicted octanol–water partition coefficient (Wildman–Crippen LogP) is 2.01. The number of thioether (sulfide) groups is 1. The molecule has 2 rings (SSSR count). The van der Waals surface area contributed by atoms with Crippen LogP contribution >= 0.6 is 11.8 Å². The zero-order chi connectivity index (χ0) is 16.8. The molecule has 7 nitrogen and oxygen atoms in total. The second kappa shape index (κ2) is 7.96. The molecule has 2 aromatic rings. The Kier molecular flexibility index (Phi) is 5.97. The zero-order valence-electron chi connectivity index (χ0n) is 13.8. The molecule has 0 atom stereocenters. The molecule has 124 valence electrons. The van der Waals surface area contributed by atoms with E-state index in [0.29, 0.717) is 17.5 Å². The van der Waals surface area contributed by atoms with E-state index in [9.17, 15) is 4.79 Å². The zero-order valence-corrected chi connectivity index (χ0v) is 14.6. The van der Waals surface area contributed by atoms with E-state index in [1.807, 2.05) is 38.1 Å². The number of aromatic nitrogens is 4. The van der Waals surface area contributed by atoms with Crippen LogP contribution in [0.5, 0.6) is 5.75 Å². The minimum absolute atomic E-state index is 0.0132. The van der Waals surface area contributed by atoms with Crippen LogP contribution in [0, 0.1) is 0 Å². The van der Waals surface area contributed by atoms with Gasteiger partial charge < -0.3 is 9.64 Å². The molecular formula is C15H21N5O2S. The van der Waals surface area contributed by atoms with Crippen LogP contribution in [-0.2, 0) is 11.3 Å². The summed E-state index contributed by atoms with van der Waals surface area (Å²) < 4.78 is 7.02. The van der Waals surface area contributed by atoms with Crippen molar-refractivity contribution in [3.05, 3.63) is 29.8 Å². The molecule has 1 aromatic carbocycles. The molecule has 1 aromatic heterocycles. The molecule has 0 spiro atoms. The summed E-state index contributed by atoms with van der Waals surface area (Å²) in [4.78, 5) is 14.0. The first-order valence-electron chi connectivity index (χ1n) is 7.29. The van der Waals surface area contributed by atoms with Gasteiger partial charge in [-0.1, -0.05) is 30.0 Å². The topological polar surface area (TPSA) is 73.1 Å². The number of para-hydroxylation sites is 1. The molecule has 0 fully saturated rings. The third kappa shape index (κ3) is 4.44. The Morgan fingerprint density at radius 2 is 2.13 bits per heavy atom. The normalized spacial score (nSPS) is 10.8. The molecule has 0 N–H and O–H groups in total. The van der Waals surface area contributed by atoms with Crippen molar-refractivity contribution in [1.29, 1.82) is 0 Å². The van der Waals surface area contributed by atoms with Crippen LogP contribution < -0.4 is 4.74 Å². The number of tetrazole rings is 1. The fraction of sp³-hybridized carbons (Fsp3) is 0.467. The molecule has 0 aliphatic rings. The van der Waals surface area contributed by atoms with E-state index in [4.69, 9.17) is 4.74 Å². The molecule has 1 amide bonds. The summed E-state index contributed by atoms with van der Waals surface area (Å²) in [6.07, 6.45) is 0. The third-order valence-electron chi connectivity index (χ3n) is 3.30. The van der Waals surface area contributed by atoms with Crippen molar-refractivity contribution in [3.63, 3.8) is 0 Å². The molecule has 0 aliphatic heterocycles. The molecular weight excluding hydrogens is 314 g/mol. The Labute approximate surface area is 140 Å². The largest absolute Gasteiger partial charge is 0.496 e. The number of carbonyl (C=O) groups excluding carboxylic acids is 1. The van der Waals surface area contributed by atoms with Gasteiger partial charge in [0.1, 0.15) is 5.75 Å². The second-order valence-corrected chi connectivity index (χ2v) is 6.29. The van der Waals surface area contributed by atoms with Gasteiger partial charge in [0, 0.05) is 19.2 Å². The van der Waals surface area contributed by atoms with Crippen molar-refractivity contribution in [3.8, 4) is 5.75 Å². The van der Waals surface area contributed by atoms with Crippen LogP contribution in [0.2, 0.25) is 0 Å². The van der Waals surface area contributed by atoms with Gasteiger partial charge in [-0.2, -0.15) is 0 Å². The summed E-state index contributed by atoms with van der Waals surface area (Å²) in [5.41, 5.74) is 0.975. The first kappa shape index (κ1) is 17.3. The number of benzene rings is 1. The van der Waals surface area contributed by atoms with Gasteiger partial charge in [-0.15, -0.1) is 5.10 Å². The Bertz CT molecular complexity index is 659. The third-order valence-corrected chi connectivity index (χ3v) is 4.22. The highest BCUT2D eigenvalue weighted by atomic mass is 32.2. The number of rotatable bonds is 7. The molecule has 0 saturated carbocycles. The van der Waals surface area contributed by atoms with Gasteiger partial charge in [0.2, 0.25) is 11.1 Å². The highest BCUT2D eigenvalue weighted by molar-refractivity contribution is 7.99. The first-order valence-corrected chi connectivity index (χ1v) is 8.28. The van der Waals surface area contributed by atoms with Crippen LogP contribution in [0.4, 0.5) is 0 Å². The molecule has 0 bridgehead atoms.